The van der Waals surface area contributed by atoms with Crippen LogP contribution in [0, 0.1) is 0 Å². The molecule has 0 bridgehead atoms. The fourth-order valence-corrected chi connectivity index (χ4v) is 1.82. The highest BCUT2D eigenvalue weighted by Gasteiger charge is 2.28. The van der Waals surface area contributed by atoms with Gasteiger partial charge < -0.3 is 5.11 Å². The summed E-state index contributed by atoms with van der Waals surface area (Å²) in [5.41, 5.74) is 0.407. The van der Waals surface area contributed by atoms with Crippen molar-refractivity contribution in [2.45, 2.75) is 6.92 Å². The lowest BCUT2D eigenvalue weighted by atomic mass is 9.89. The Hall–Kier alpha value is -1.61. The molecular formula is C11H7ClO3. The second-order valence-corrected chi connectivity index (χ2v) is 3.74. The molecule has 0 spiro atoms. The van der Waals surface area contributed by atoms with Gasteiger partial charge in [-0.25, -0.2) is 0 Å². The van der Waals surface area contributed by atoms with E-state index in [1.54, 1.807) is 0 Å². The van der Waals surface area contributed by atoms with E-state index in [2.05, 4.69) is 0 Å². The van der Waals surface area contributed by atoms with Gasteiger partial charge in [-0.05, 0) is 25.1 Å². The van der Waals surface area contributed by atoms with Gasteiger partial charge in [-0.1, -0.05) is 11.6 Å². The van der Waals surface area contributed by atoms with Crippen LogP contribution in [0.1, 0.15) is 27.6 Å². The molecule has 1 aliphatic rings. The van der Waals surface area contributed by atoms with Crippen LogP contribution in [0.25, 0.3) is 0 Å². The van der Waals surface area contributed by atoms with Gasteiger partial charge in [0.05, 0.1) is 16.1 Å². The molecule has 0 unspecified atom stereocenters. The van der Waals surface area contributed by atoms with Crippen molar-refractivity contribution in [3.63, 3.8) is 0 Å². The van der Waals surface area contributed by atoms with Crippen molar-refractivity contribution in [3.05, 3.63) is 39.9 Å². The number of ketones is 2. The minimum absolute atomic E-state index is 0.00694. The molecule has 0 atom stereocenters. The maximum Gasteiger partial charge on any atom is 0.193 e. The first-order valence-corrected chi connectivity index (χ1v) is 4.69. The molecule has 1 aromatic carbocycles. The highest BCUT2D eigenvalue weighted by molar-refractivity contribution is 6.38. The zero-order chi connectivity index (χ0) is 11.2. The van der Waals surface area contributed by atoms with Gasteiger partial charge in [0.1, 0.15) is 5.75 Å². The number of Topliss-reactive ketones (excluding diaryl/α,β-unsaturated/α-hetero) is 1. The molecule has 76 valence electrons. The van der Waals surface area contributed by atoms with Crippen LogP contribution in [0.3, 0.4) is 0 Å². The van der Waals surface area contributed by atoms with E-state index in [0.717, 1.165) is 0 Å². The predicted octanol–water partition coefficient (Wildman–Crippen LogP) is 2.37. The van der Waals surface area contributed by atoms with E-state index in [1.165, 1.54) is 25.1 Å². The lowest BCUT2D eigenvalue weighted by molar-refractivity contribution is 0.0982. The maximum atomic E-state index is 11.7. The highest BCUT2D eigenvalue weighted by Crippen LogP contribution is 2.33. The van der Waals surface area contributed by atoms with Crippen molar-refractivity contribution >= 4 is 23.2 Å². The van der Waals surface area contributed by atoms with E-state index in [1.807, 2.05) is 0 Å². The molecule has 0 radical (unpaired) electrons. The van der Waals surface area contributed by atoms with Gasteiger partial charge in [-0.3, -0.25) is 9.59 Å². The third-order valence-electron chi connectivity index (χ3n) is 2.31. The number of carbonyl (C=O) groups excluding carboxylic acids is 2. The van der Waals surface area contributed by atoms with Crippen LogP contribution in [0.5, 0.6) is 5.75 Å². The van der Waals surface area contributed by atoms with Crippen LogP contribution < -0.4 is 0 Å². The molecule has 1 aromatic rings. The number of phenols is 1. The molecule has 4 heteroatoms. The Balaban J connectivity index is 2.82. The van der Waals surface area contributed by atoms with Crippen molar-refractivity contribution in [1.29, 1.82) is 0 Å². The third kappa shape index (κ3) is 1.36. The number of carbonyl (C=O) groups is 2. The smallest absolute Gasteiger partial charge is 0.193 e. The summed E-state index contributed by atoms with van der Waals surface area (Å²) in [5, 5.41) is 9.71. The molecule has 1 aliphatic carbocycles. The van der Waals surface area contributed by atoms with Gasteiger partial charge in [0.2, 0.25) is 0 Å². The topological polar surface area (TPSA) is 54.4 Å². The molecule has 0 saturated carbocycles. The van der Waals surface area contributed by atoms with Gasteiger partial charge in [-0.15, -0.1) is 0 Å². The molecule has 3 nitrogen and oxygen atoms in total. The Bertz CT molecular complexity index is 515. The highest BCUT2D eigenvalue weighted by atomic mass is 35.5. The molecule has 0 aromatic heterocycles. The summed E-state index contributed by atoms with van der Waals surface area (Å²) < 4.78 is 0. The van der Waals surface area contributed by atoms with Crippen LogP contribution in [0.4, 0.5) is 0 Å². The minimum atomic E-state index is -0.357. The molecule has 0 saturated heterocycles. The lowest BCUT2D eigenvalue weighted by Crippen LogP contribution is -2.16. The largest absolute Gasteiger partial charge is 0.507 e. The lowest BCUT2D eigenvalue weighted by Gasteiger charge is -2.14. The number of allylic oxidation sites excluding steroid dienone is 2. The number of benzene rings is 1. The predicted molar refractivity (Wildman–Crippen MR) is 55.5 cm³/mol. The average molecular weight is 223 g/mol. The first-order chi connectivity index (χ1) is 7.02. The zero-order valence-electron chi connectivity index (χ0n) is 7.87. The van der Waals surface area contributed by atoms with Crippen molar-refractivity contribution in [2.75, 3.05) is 0 Å². The second kappa shape index (κ2) is 3.21. The van der Waals surface area contributed by atoms with E-state index in [4.69, 9.17) is 11.6 Å². The summed E-state index contributed by atoms with van der Waals surface area (Å²) in [6.45, 7) is 1.53. The van der Waals surface area contributed by atoms with Gasteiger partial charge >= 0.3 is 0 Å². The minimum Gasteiger partial charge on any atom is -0.507 e. The quantitative estimate of drug-likeness (QED) is 0.733. The van der Waals surface area contributed by atoms with E-state index in [0.29, 0.717) is 5.57 Å². The molecule has 0 amide bonds. The third-order valence-corrected chi connectivity index (χ3v) is 2.63. The van der Waals surface area contributed by atoms with Crippen molar-refractivity contribution < 1.29 is 14.7 Å². The van der Waals surface area contributed by atoms with Crippen molar-refractivity contribution in [3.8, 4) is 5.75 Å². The molecule has 0 aliphatic heterocycles. The van der Waals surface area contributed by atoms with Crippen LogP contribution in [0.15, 0.2) is 23.8 Å². The van der Waals surface area contributed by atoms with Gasteiger partial charge in [0, 0.05) is 5.57 Å². The molecule has 1 N–H and O–H groups in total. The van der Waals surface area contributed by atoms with Crippen molar-refractivity contribution in [2.24, 2.45) is 0 Å². The molecule has 0 fully saturated rings. The summed E-state index contributed by atoms with van der Waals surface area (Å²) in [5.74, 6) is -0.909. The monoisotopic (exact) mass is 222 g/mol. The normalized spacial score (nSPS) is 14.9. The Kier molecular flexibility index (Phi) is 2.12. The van der Waals surface area contributed by atoms with Crippen molar-refractivity contribution in [1.82, 2.24) is 0 Å². The number of fused-ring (bicyclic) bond motifs is 1. The number of rotatable bonds is 0. The fraction of sp³-hybridized carbons (Fsp3) is 0.0909. The fourth-order valence-electron chi connectivity index (χ4n) is 1.57. The number of halogens is 1. The number of hydrogen-bond acceptors (Lipinski definition) is 3. The molecule has 0 heterocycles. The first-order valence-electron chi connectivity index (χ1n) is 4.31. The Morgan fingerprint density at radius 3 is 2.53 bits per heavy atom. The molecule has 2 rings (SSSR count). The van der Waals surface area contributed by atoms with Gasteiger partial charge in [-0.2, -0.15) is 0 Å². The van der Waals surface area contributed by atoms with Crippen LogP contribution in [-0.2, 0) is 0 Å². The Morgan fingerprint density at radius 2 is 1.87 bits per heavy atom. The first kappa shape index (κ1) is 9.93. The molecular weight excluding hydrogens is 216 g/mol. The Morgan fingerprint density at radius 1 is 1.20 bits per heavy atom. The SMILES string of the molecule is CC1=CC(=O)c2c(Cl)ccc(O)c2C1=O. The van der Waals surface area contributed by atoms with E-state index < -0.39 is 0 Å². The number of aromatic hydroxyl groups is 1. The summed E-state index contributed by atoms with van der Waals surface area (Å²) >= 11 is 5.81. The summed E-state index contributed by atoms with van der Waals surface area (Å²) in [4.78, 5) is 23.3. The Labute approximate surface area is 91.0 Å². The zero-order valence-corrected chi connectivity index (χ0v) is 8.63. The van der Waals surface area contributed by atoms with E-state index >= 15 is 0 Å². The van der Waals surface area contributed by atoms with Gasteiger partial charge in [0.25, 0.3) is 0 Å². The summed E-state index contributed by atoms with van der Waals surface area (Å²) in [6, 6.07) is 2.71. The maximum absolute atomic E-state index is 11.7. The van der Waals surface area contributed by atoms with Crippen LogP contribution >= 0.6 is 11.6 Å². The van der Waals surface area contributed by atoms with Crippen LogP contribution in [0.2, 0.25) is 5.02 Å². The van der Waals surface area contributed by atoms with E-state index in [-0.39, 0.29) is 33.5 Å². The summed E-state index contributed by atoms with van der Waals surface area (Å²) in [6.07, 6.45) is 1.23. The standard InChI is InChI=1S/C11H7ClO3/c1-5-4-8(14)9-6(12)2-3-7(13)10(9)11(5)15/h2-4,13H,1H3. The number of hydrogen-bond donors (Lipinski definition) is 1. The van der Waals surface area contributed by atoms with Gasteiger partial charge in [0.15, 0.2) is 11.6 Å². The number of phenolic OH excluding ortho intramolecular Hbond substituents is 1. The summed E-state index contributed by atoms with van der Waals surface area (Å²) in [7, 11) is 0. The van der Waals surface area contributed by atoms with E-state index in [9.17, 15) is 14.7 Å². The second-order valence-electron chi connectivity index (χ2n) is 3.34. The molecule has 15 heavy (non-hydrogen) atoms. The van der Waals surface area contributed by atoms with Crippen LogP contribution in [-0.4, -0.2) is 16.7 Å². The average Bonchev–Trinajstić information content (AvgIpc) is 2.18.